The van der Waals surface area contributed by atoms with Crippen molar-refractivity contribution in [1.29, 1.82) is 0 Å². The van der Waals surface area contributed by atoms with Gasteiger partial charge in [0.25, 0.3) is 0 Å². The van der Waals surface area contributed by atoms with E-state index in [0.29, 0.717) is 0 Å². The predicted molar refractivity (Wildman–Crippen MR) is 323 cm³/mol. The van der Waals surface area contributed by atoms with Gasteiger partial charge in [0.15, 0.2) is 0 Å². The Bertz CT molecular complexity index is 4340. The number of anilines is 3. The monoisotopic (exact) mass is 971 g/mol. The zero-order valence-electron chi connectivity index (χ0n) is 42.1. The van der Waals surface area contributed by atoms with E-state index >= 15 is 0 Å². The second kappa shape index (κ2) is 17.0. The van der Waals surface area contributed by atoms with Crippen LogP contribution in [0.1, 0.15) is 26.3 Å². The summed E-state index contributed by atoms with van der Waals surface area (Å²) in [5, 5.41) is 10.5. The van der Waals surface area contributed by atoms with Crippen LogP contribution in [0.4, 0.5) is 17.1 Å². The topological polar surface area (TPSA) is 3.24 Å². The second-order valence-corrected chi connectivity index (χ2v) is 22.7. The molecule has 0 radical (unpaired) electrons. The van der Waals surface area contributed by atoms with Crippen LogP contribution in [0.5, 0.6) is 0 Å². The van der Waals surface area contributed by atoms with Gasteiger partial charge in [0.1, 0.15) is 0 Å². The van der Waals surface area contributed by atoms with Gasteiger partial charge in [0.2, 0.25) is 6.71 Å². The lowest BCUT2D eigenvalue weighted by Crippen LogP contribution is -2.60. The Kier molecular flexibility index (Phi) is 9.93. The maximum atomic E-state index is 2.65. The van der Waals surface area contributed by atoms with Gasteiger partial charge in [-0.05, 0) is 158 Å². The molecule has 0 fully saturated rings. The lowest BCUT2D eigenvalue weighted by molar-refractivity contribution is 0.589. The van der Waals surface area contributed by atoms with Gasteiger partial charge >= 0.3 is 0 Å². The molecule has 0 saturated heterocycles. The smallest absolute Gasteiger partial charge is 0.249 e. The van der Waals surface area contributed by atoms with Crippen molar-refractivity contribution >= 4 is 95.0 Å². The van der Waals surface area contributed by atoms with Gasteiger partial charge < -0.3 is 4.90 Å². The lowest BCUT2D eigenvalue weighted by atomic mass is 9.34. The fourth-order valence-electron chi connectivity index (χ4n) is 12.6. The van der Waals surface area contributed by atoms with Crippen LogP contribution in [-0.2, 0) is 5.41 Å². The van der Waals surface area contributed by atoms with Gasteiger partial charge in [-0.15, -0.1) is 0 Å². The number of rotatable bonds is 6. The predicted octanol–water partition coefficient (Wildman–Crippen LogP) is 18.1. The zero-order chi connectivity index (χ0) is 49.9. The molecule has 0 spiro atoms. The number of nitrogens with zero attached hydrogens (tertiary/aromatic N) is 1. The molecule has 15 rings (SSSR count). The molecule has 0 amide bonds. The van der Waals surface area contributed by atoms with Crippen LogP contribution in [0.2, 0.25) is 0 Å². The van der Waals surface area contributed by atoms with Crippen molar-refractivity contribution in [2.75, 3.05) is 4.90 Å². The molecule has 0 bridgehead atoms. The molecule has 0 N–H and O–H groups in total. The van der Waals surface area contributed by atoms with Gasteiger partial charge in [-0.2, -0.15) is 0 Å². The molecule has 0 saturated carbocycles. The quantitative estimate of drug-likeness (QED) is 0.0928. The van der Waals surface area contributed by atoms with E-state index in [9.17, 15) is 0 Å². The van der Waals surface area contributed by atoms with Crippen molar-refractivity contribution in [3.05, 3.63) is 254 Å². The standard InChI is InChI=1S/C72H50BNS/c1-72(2,3)55-43-65-70-67(44-55)75-66-42-51(53-37-52-29-18-31-57-56-30-16-27-49-28-17-32-58(68(49)56)61(40-53)69(52)57)33-35-62(66)73(70)63-41-50(45-19-8-4-9-20-45)34-36-64(63)74(65)71-59(47-23-12-6-13-24-47)38-54(46-21-10-5-11-22-46)39-60(71)48-25-14-7-15-26-48/h4-44H,1-3H3. The molecule has 13 aromatic carbocycles. The summed E-state index contributed by atoms with van der Waals surface area (Å²) < 4.78 is 0. The lowest BCUT2D eigenvalue weighted by Gasteiger charge is -2.43. The van der Waals surface area contributed by atoms with Gasteiger partial charge in [0.05, 0.1) is 5.69 Å². The Labute approximate surface area is 443 Å². The summed E-state index contributed by atoms with van der Waals surface area (Å²) in [5.41, 5.74) is 20.9. The van der Waals surface area contributed by atoms with Crippen molar-refractivity contribution in [2.24, 2.45) is 0 Å². The Hall–Kier alpha value is -8.63. The van der Waals surface area contributed by atoms with E-state index in [2.05, 4.69) is 274 Å². The van der Waals surface area contributed by atoms with Crippen LogP contribution in [0.25, 0.3) is 98.7 Å². The molecule has 0 aromatic heterocycles. The highest BCUT2D eigenvalue weighted by atomic mass is 32.2. The first kappa shape index (κ1) is 43.9. The van der Waals surface area contributed by atoms with Crippen molar-refractivity contribution < 1.29 is 0 Å². The largest absolute Gasteiger partial charge is 0.310 e. The maximum absolute atomic E-state index is 2.65. The van der Waals surface area contributed by atoms with E-state index in [1.165, 1.54) is 148 Å². The van der Waals surface area contributed by atoms with Crippen LogP contribution in [0.15, 0.2) is 259 Å². The first-order valence-electron chi connectivity index (χ1n) is 26.3. The molecule has 0 aliphatic carbocycles. The minimum atomic E-state index is -0.124. The summed E-state index contributed by atoms with van der Waals surface area (Å²) in [4.78, 5) is 5.28. The minimum Gasteiger partial charge on any atom is -0.310 e. The Morgan fingerprint density at radius 2 is 0.867 bits per heavy atom. The number of benzene rings is 13. The van der Waals surface area contributed by atoms with E-state index in [1.54, 1.807) is 0 Å². The Morgan fingerprint density at radius 1 is 0.347 bits per heavy atom. The highest BCUT2D eigenvalue weighted by Crippen LogP contribution is 2.52. The molecular weight excluding hydrogens is 922 g/mol. The fraction of sp³-hybridized carbons (Fsp3) is 0.0556. The first-order chi connectivity index (χ1) is 36.8. The third kappa shape index (κ3) is 7.02. The van der Waals surface area contributed by atoms with Gasteiger partial charge in [-0.3, -0.25) is 0 Å². The van der Waals surface area contributed by atoms with Crippen molar-refractivity contribution in [2.45, 2.75) is 36.0 Å². The molecule has 352 valence electrons. The molecular formula is C72H50BNS. The molecule has 0 unspecified atom stereocenters. The van der Waals surface area contributed by atoms with Crippen LogP contribution < -0.4 is 21.3 Å². The van der Waals surface area contributed by atoms with E-state index < -0.39 is 0 Å². The normalized spacial score (nSPS) is 12.9. The van der Waals surface area contributed by atoms with Gasteiger partial charge in [-0.25, -0.2) is 0 Å². The highest BCUT2D eigenvalue weighted by molar-refractivity contribution is 8.00. The molecule has 3 heteroatoms. The minimum absolute atomic E-state index is 0.0115. The summed E-state index contributed by atoms with van der Waals surface area (Å²) in [7, 11) is 0. The maximum Gasteiger partial charge on any atom is 0.249 e. The third-order valence-corrected chi connectivity index (χ3v) is 17.3. The highest BCUT2D eigenvalue weighted by Gasteiger charge is 2.43. The van der Waals surface area contributed by atoms with Crippen LogP contribution in [-0.4, -0.2) is 6.71 Å². The SMILES string of the molecule is CC(C)(C)c1cc2c3c(c1)N(c1c(-c4ccccc4)cc(-c4ccccc4)cc1-c1ccccc1)c1ccc(-c4ccccc4)cc1B3c1ccc(-c3cc4cccc5c6cccc7cccc(c(c3)c45)c76)cc1S2. The fourth-order valence-corrected chi connectivity index (χ4v) is 13.8. The average molecular weight is 972 g/mol. The Morgan fingerprint density at radius 3 is 1.48 bits per heavy atom. The summed E-state index contributed by atoms with van der Waals surface area (Å²) in [5.74, 6) is 0. The number of fused-ring (bicyclic) bond motifs is 6. The van der Waals surface area contributed by atoms with E-state index in [0.717, 1.165) is 0 Å². The molecule has 13 aromatic rings. The summed E-state index contributed by atoms with van der Waals surface area (Å²) in [6.45, 7) is 7.08. The van der Waals surface area contributed by atoms with Gasteiger partial charge in [-0.1, -0.05) is 238 Å². The van der Waals surface area contributed by atoms with Crippen LogP contribution in [0.3, 0.4) is 0 Å². The molecule has 2 aliphatic rings. The second-order valence-electron chi connectivity index (χ2n) is 21.6. The average Bonchev–Trinajstić information content (AvgIpc) is 3.47. The van der Waals surface area contributed by atoms with E-state index in [-0.39, 0.29) is 12.1 Å². The molecule has 2 heterocycles. The Balaban J connectivity index is 0.998. The molecule has 75 heavy (non-hydrogen) atoms. The molecule has 2 aliphatic heterocycles. The van der Waals surface area contributed by atoms with Crippen LogP contribution >= 0.6 is 11.8 Å². The zero-order valence-corrected chi connectivity index (χ0v) is 42.9. The molecule has 0 atom stereocenters. The van der Waals surface area contributed by atoms with Crippen LogP contribution in [0, 0.1) is 0 Å². The number of hydrogen-bond acceptors (Lipinski definition) is 2. The summed E-state index contributed by atoms with van der Waals surface area (Å²) in [6.07, 6.45) is 0. The summed E-state index contributed by atoms with van der Waals surface area (Å²) >= 11 is 1.95. The summed E-state index contributed by atoms with van der Waals surface area (Å²) in [6, 6.07) is 93.7. The van der Waals surface area contributed by atoms with E-state index in [1.807, 2.05) is 11.8 Å². The molecule has 1 nitrogen and oxygen atoms in total. The van der Waals surface area contributed by atoms with Crippen molar-refractivity contribution in [3.8, 4) is 55.6 Å². The first-order valence-corrected chi connectivity index (χ1v) is 27.1. The third-order valence-electron chi connectivity index (χ3n) is 16.2. The number of hydrogen-bond donors (Lipinski definition) is 0. The van der Waals surface area contributed by atoms with E-state index in [4.69, 9.17) is 0 Å². The van der Waals surface area contributed by atoms with Crippen molar-refractivity contribution in [1.82, 2.24) is 0 Å². The van der Waals surface area contributed by atoms with Crippen molar-refractivity contribution in [3.63, 3.8) is 0 Å². The van der Waals surface area contributed by atoms with Gasteiger partial charge in [0, 0.05) is 32.3 Å².